The monoisotopic (exact) mass is 350 g/mol. The molecule has 104 valence electrons. The zero-order valence-corrected chi connectivity index (χ0v) is 13.5. The third-order valence-electron chi connectivity index (χ3n) is 3.87. The van der Waals surface area contributed by atoms with Crippen molar-refractivity contribution in [2.75, 3.05) is 6.54 Å². The first kappa shape index (κ1) is 12.9. The Balaban J connectivity index is 1.51. The molecule has 0 bridgehead atoms. The fourth-order valence-electron chi connectivity index (χ4n) is 2.60. The van der Waals surface area contributed by atoms with Crippen molar-refractivity contribution in [3.63, 3.8) is 0 Å². The number of thiazole rings is 1. The molecule has 20 heavy (non-hydrogen) atoms. The standard InChI is InChI=1S/C14H15BrN4S/c15-12-8-20-13(18-12)7-19-4-3-10-5-16-14(9-1-2-9)17-11(10)6-19/h5,8-9H,1-4,6-7H2. The van der Waals surface area contributed by atoms with Crippen LogP contribution >= 0.6 is 27.3 Å². The maximum absolute atomic E-state index is 4.79. The first-order valence-electron chi connectivity index (χ1n) is 6.95. The van der Waals surface area contributed by atoms with E-state index in [4.69, 9.17) is 4.98 Å². The molecule has 2 aromatic heterocycles. The van der Waals surface area contributed by atoms with E-state index in [1.807, 2.05) is 11.6 Å². The summed E-state index contributed by atoms with van der Waals surface area (Å²) in [6, 6.07) is 0. The Morgan fingerprint density at radius 3 is 3.00 bits per heavy atom. The molecule has 1 saturated carbocycles. The summed E-state index contributed by atoms with van der Waals surface area (Å²) in [5.41, 5.74) is 2.55. The van der Waals surface area contributed by atoms with Crippen molar-refractivity contribution in [3.8, 4) is 0 Å². The van der Waals surface area contributed by atoms with Gasteiger partial charge in [0.2, 0.25) is 0 Å². The molecule has 4 rings (SSSR count). The molecule has 1 aliphatic heterocycles. The van der Waals surface area contributed by atoms with Crippen LogP contribution in [0.3, 0.4) is 0 Å². The van der Waals surface area contributed by atoms with Gasteiger partial charge in [0.05, 0.1) is 12.2 Å². The molecule has 2 aromatic rings. The van der Waals surface area contributed by atoms with Crippen LogP contribution < -0.4 is 0 Å². The highest BCUT2D eigenvalue weighted by molar-refractivity contribution is 9.10. The highest BCUT2D eigenvalue weighted by Gasteiger charge is 2.28. The molecular formula is C14H15BrN4S. The zero-order valence-electron chi connectivity index (χ0n) is 11.0. The summed E-state index contributed by atoms with van der Waals surface area (Å²) in [6.07, 6.45) is 5.62. The van der Waals surface area contributed by atoms with Crippen molar-refractivity contribution in [2.24, 2.45) is 0 Å². The van der Waals surface area contributed by atoms with Gasteiger partial charge in [-0.25, -0.2) is 15.0 Å². The molecule has 1 fully saturated rings. The molecule has 2 aliphatic rings. The van der Waals surface area contributed by atoms with Gasteiger partial charge in [0.15, 0.2) is 0 Å². The number of aromatic nitrogens is 3. The predicted octanol–water partition coefficient (Wildman–Crippen LogP) is 3.13. The van der Waals surface area contributed by atoms with Crippen LogP contribution in [0.4, 0.5) is 0 Å². The Labute approximate surface area is 130 Å². The van der Waals surface area contributed by atoms with Crippen LogP contribution in [0.2, 0.25) is 0 Å². The SMILES string of the molecule is Brc1csc(CN2CCc3cnc(C4CC4)nc3C2)n1. The van der Waals surface area contributed by atoms with E-state index >= 15 is 0 Å². The molecule has 0 N–H and O–H groups in total. The van der Waals surface area contributed by atoms with Gasteiger partial charge in [0, 0.05) is 30.6 Å². The molecular weight excluding hydrogens is 336 g/mol. The molecule has 4 nitrogen and oxygen atoms in total. The fraction of sp³-hybridized carbons (Fsp3) is 0.500. The van der Waals surface area contributed by atoms with Crippen molar-refractivity contribution in [2.45, 2.75) is 38.3 Å². The smallest absolute Gasteiger partial charge is 0.131 e. The largest absolute Gasteiger partial charge is 0.290 e. The van der Waals surface area contributed by atoms with E-state index in [1.54, 1.807) is 11.3 Å². The molecule has 0 unspecified atom stereocenters. The third kappa shape index (κ3) is 2.64. The van der Waals surface area contributed by atoms with Gasteiger partial charge in [-0.3, -0.25) is 4.90 Å². The first-order chi connectivity index (χ1) is 9.78. The van der Waals surface area contributed by atoms with Crippen LogP contribution in [-0.4, -0.2) is 26.4 Å². The van der Waals surface area contributed by atoms with Gasteiger partial charge in [-0.1, -0.05) is 0 Å². The van der Waals surface area contributed by atoms with Crippen LogP contribution in [0.5, 0.6) is 0 Å². The lowest BCUT2D eigenvalue weighted by Gasteiger charge is -2.27. The zero-order chi connectivity index (χ0) is 13.5. The Bertz CT molecular complexity index is 638. The van der Waals surface area contributed by atoms with Gasteiger partial charge in [-0.2, -0.15) is 0 Å². The second-order valence-electron chi connectivity index (χ2n) is 5.50. The average Bonchev–Trinajstić information content (AvgIpc) is 3.22. The van der Waals surface area contributed by atoms with E-state index in [0.29, 0.717) is 5.92 Å². The molecule has 0 amide bonds. The van der Waals surface area contributed by atoms with Gasteiger partial charge < -0.3 is 0 Å². The number of rotatable bonds is 3. The predicted molar refractivity (Wildman–Crippen MR) is 81.6 cm³/mol. The number of hydrogen-bond donors (Lipinski definition) is 0. The van der Waals surface area contributed by atoms with Crippen LogP contribution in [0, 0.1) is 0 Å². The summed E-state index contributed by atoms with van der Waals surface area (Å²) in [7, 11) is 0. The summed E-state index contributed by atoms with van der Waals surface area (Å²) in [4.78, 5) is 16.2. The summed E-state index contributed by atoms with van der Waals surface area (Å²) in [6.45, 7) is 2.91. The Morgan fingerprint density at radius 1 is 1.35 bits per heavy atom. The molecule has 0 radical (unpaired) electrons. The molecule has 0 saturated heterocycles. The first-order valence-corrected chi connectivity index (χ1v) is 8.62. The van der Waals surface area contributed by atoms with E-state index in [2.05, 4.69) is 30.8 Å². The normalized spacial score (nSPS) is 19.1. The maximum atomic E-state index is 4.79. The van der Waals surface area contributed by atoms with Crippen LogP contribution in [0.25, 0.3) is 0 Å². The van der Waals surface area contributed by atoms with Gasteiger partial charge in [0.25, 0.3) is 0 Å². The lowest BCUT2D eigenvalue weighted by atomic mass is 10.1. The quantitative estimate of drug-likeness (QED) is 0.852. The van der Waals surface area contributed by atoms with Gasteiger partial charge in [-0.05, 0) is 40.8 Å². The number of nitrogens with zero attached hydrogens (tertiary/aromatic N) is 4. The molecule has 1 aliphatic carbocycles. The maximum Gasteiger partial charge on any atom is 0.131 e. The van der Waals surface area contributed by atoms with Crippen LogP contribution in [0.15, 0.2) is 16.2 Å². The molecule has 0 atom stereocenters. The fourth-order valence-corrected chi connectivity index (χ4v) is 3.90. The molecule has 6 heteroatoms. The van der Waals surface area contributed by atoms with E-state index < -0.39 is 0 Å². The van der Waals surface area contributed by atoms with Crippen LogP contribution in [0.1, 0.15) is 40.8 Å². The summed E-state index contributed by atoms with van der Waals surface area (Å²) >= 11 is 5.13. The lowest BCUT2D eigenvalue weighted by Crippen LogP contribution is -2.31. The Kier molecular flexibility index (Phi) is 3.32. The minimum Gasteiger partial charge on any atom is -0.290 e. The van der Waals surface area contributed by atoms with E-state index in [9.17, 15) is 0 Å². The van der Waals surface area contributed by atoms with E-state index in [1.165, 1.54) is 24.1 Å². The highest BCUT2D eigenvalue weighted by atomic mass is 79.9. The number of fused-ring (bicyclic) bond motifs is 1. The highest BCUT2D eigenvalue weighted by Crippen LogP contribution is 2.38. The lowest BCUT2D eigenvalue weighted by molar-refractivity contribution is 0.240. The summed E-state index contributed by atoms with van der Waals surface area (Å²) in [5, 5.41) is 3.21. The molecule has 0 spiro atoms. The summed E-state index contributed by atoms with van der Waals surface area (Å²) < 4.78 is 0.938. The van der Waals surface area contributed by atoms with Gasteiger partial charge in [0.1, 0.15) is 15.4 Å². The topological polar surface area (TPSA) is 41.9 Å². The average molecular weight is 351 g/mol. The molecule has 0 aromatic carbocycles. The number of hydrogen-bond acceptors (Lipinski definition) is 5. The van der Waals surface area contributed by atoms with Crippen molar-refractivity contribution >= 4 is 27.3 Å². The number of halogens is 1. The van der Waals surface area contributed by atoms with E-state index in [0.717, 1.165) is 41.5 Å². The minimum absolute atomic E-state index is 0.630. The van der Waals surface area contributed by atoms with Crippen molar-refractivity contribution in [3.05, 3.63) is 38.3 Å². The second kappa shape index (κ2) is 5.16. The van der Waals surface area contributed by atoms with Gasteiger partial charge >= 0.3 is 0 Å². The third-order valence-corrected chi connectivity index (χ3v) is 5.41. The Morgan fingerprint density at radius 2 is 2.25 bits per heavy atom. The van der Waals surface area contributed by atoms with Crippen molar-refractivity contribution < 1.29 is 0 Å². The van der Waals surface area contributed by atoms with Crippen molar-refractivity contribution in [1.29, 1.82) is 0 Å². The van der Waals surface area contributed by atoms with Crippen molar-refractivity contribution in [1.82, 2.24) is 19.9 Å². The summed E-state index contributed by atoms with van der Waals surface area (Å²) in [5.74, 6) is 1.69. The van der Waals surface area contributed by atoms with Crippen LogP contribution in [-0.2, 0) is 19.5 Å². The second-order valence-corrected chi connectivity index (χ2v) is 7.25. The molecule has 3 heterocycles. The minimum atomic E-state index is 0.630. The Hall–Kier alpha value is -0.850. The van der Waals surface area contributed by atoms with E-state index in [-0.39, 0.29) is 0 Å². The van der Waals surface area contributed by atoms with Gasteiger partial charge in [-0.15, -0.1) is 11.3 Å².